The van der Waals surface area contributed by atoms with Gasteiger partial charge in [0.2, 0.25) is 0 Å². The summed E-state index contributed by atoms with van der Waals surface area (Å²) in [6, 6.07) is 1.40. The average molecular weight is 258 g/mol. The molecule has 0 aliphatic rings. The van der Waals surface area contributed by atoms with Crippen LogP contribution in [0.25, 0.3) is 5.65 Å². The third-order valence-corrected chi connectivity index (χ3v) is 2.51. The molecule has 0 saturated heterocycles. The molecule has 0 aliphatic carbocycles. The van der Waals surface area contributed by atoms with E-state index in [0.29, 0.717) is 17.4 Å². The van der Waals surface area contributed by atoms with Crippen LogP contribution in [0.2, 0.25) is 0 Å². The van der Waals surface area contributed by atoms with Crippen LogP contribution in [-0.2, 0) is 6.42 Å². The summed E-state index contributed by atoms with van der Waals surface area (Å²) >= 11 is 3.26. The summed E-state index contributed by atoms with van der Waals surface area (Å²) in [6.45, 7) is 0.546. The molecule has 3 nitrogen and oxygen atoms in total. The SMILES string of the molecule is NCCc1cn2cc(F)cc(Br)c2n1. The van der Waals surface area contributed by atoms with Gasteiger partial charge in [-0.2, -0.15) is 0 Å². The number of hydrogen-bond donors (Lipinski definition) is 1. The van der Waals surface area contributed by atoms with Crippen molar-refractivity contribution < 1.29 is 4.39 Å². The molecule has 0 spiro atoms. The van der Waals surface area contributed by atoms with Crippen LogP contribution >= 0.6 is 15.9 Å². The van der Waals surface area contributed by atoms with E-state index in [2.05, 4.69) is 20.9 Å². The van der Waals surface area contributed by atoms with Crippen LogP contribution < -0.4 is 5.73 Å². The smallest absolute Gasteiger partial charge is 0.151 e. The first-order valence-corrected chi connectivity index (χ1v) is 5.02. The molecule has 0 unspecified atom stereocenters. The molecule has 2 rings (SSSR count). The standard InChI is InChI=1S/C9H9BrFN3/c10-8-3-6(11)4-14-5-7(1-2-12)13-9(8)14/h3-5H,1-2,12H2. The lowest BCUT2D eigenvalue weighted by Crippen LogP contribution is -2.02. The van der Waals surface area contributed by atoms with Crippen molar-refractivity contribution in [1.29, 1.82) is 0 Å². The number of imidazole rings is 1. The van der Waals surface area contributed by atoms with E-state index in [0.717, 1.165) is 11.3 Å². The van der Waals surface area contributed by atoms with Crippen LogP contribution in [0.4, 0.5) is 4.39 Å². The first kappa shape index (κ1) is 9.61. The van der Waals surface area contributed by atoms with Crippen LogP contribution in [0.3, 0.4) is 0 Å². The minimum absolute atomic E-state index is 0.291. The maximum absolute atomic E-state index is 13.0. The zero-order valence-corrected chi connectivity index (χ0v) is 8.96. The number of aromatic nitrogens is 2. The molecule has 0 saturated carbocycles. The molecule has 0 aromatic carbocycles. The number of nitrogens with zero attached hydrogens (tertiary/aromatic N) is 2. The highest BCUT2D eigenvalue weighted by Gasteiger charge is 2.05. The van der Waals surface area contributed by atoms with Gasteiger partial charge in [-0.1, -0.05) is 0 Å². The average Bonchev–Trinajstić information content (AvgIpc) is 2.48. The minimum Gasteiger partial charge on any atom is -0.330 e. The van der Waals surface area contributed by atoms with E-state index in [1.807, 2.05) is 0 Å². The van der Waals surface area contributed by atoms with Crippen molar-refractivity contribution in [2.45, 2.75) is 6.42 Å². The monoisotopic (exact) mass is 257 g/mol. The van der Waals surface area contributed by atoms with Gasteiger partial charge in [-0.3, -0.25) is 0 Å². The molecule has 74 valence electrons. The Kier molecular flexibility index (Phi) is 2.52. The van der Waals surface area contributed by atoms with Crippen LogP contribution in [0.5, 0.6) is 0 Å². The number of pyridine rings is 1. The Balaban J connectivity index is 2.58. The second-order valence-electron chi connectivity index (χ2n) is 3.01. The van der Waals surface area contributed by atoms with E-state index in [-0.39, 0.29) is 5.82 Å². The number of fused-ring (bicyclic) bond motifs is 1. The van der Waals surface area contributed by atoms with Gasteiger partial charge in [0.05, 0.1) is 10.2 Å². The van der Waals surface area contributed by atoms with E-state index in [9.17, 15) is 4.39 Å². The van der Waals surface area contributed by atoms with Gasteiger partial charge in [0, 0.05) is 18.8 Å². The van der Waals surface area contributed by atoms with E-state index in [4.69, 9.17) is 5.73 Å². The van der Waals surface area contributed by atoms with Gasteiger partial charge in [-0.05, 0) is 28.5 Å². The third-order valence-electron chi connectivity index (χ3n) is 1.92. The number of rotatable bonds is 2. The first-order chi connectivity index (χ1) is 6.70. The van der Waals surface area contributed by atoms with Crippen molar-refractivity contribution >= 4 is 21.6 Å². The van der Waals surface area contributed by atoms with Crippen molar-refractivity contribution in [3.8, 4) is 0 Å². The predicted octanol–water partition coefficient (Wildman–Crippen LogP) is 1.74. The summed E-state index contributed by atoms with van der Waals surface area (Å²) in [5.74, 6) is -0.291. The van der Waals surface area contributed by atoms with Crippen molar-refractivity contribution in [3.05, 3.63) is 34.4 Å². The Morgan fingerprint density at radius 2 is 2.29 bits per heavy atom. The van der Waals surface area contributed by atoms with E-state index in [1.165, 1.54) is 12.3 Å². The van der Waals surface area contributed by atoms with Gasteiger partial charge in [-0.15, -0.1) is 0 Å². The zero-order chi connectivity index (χ0) is 10.1. The lowest BCUT2D eigenvalue weighted by molar-refractivity contribution is 0.618. The van der Waals surface area contributed by atoms with Crippen molar-refractivity contribution in [1.82, 2.24) is 9.38 Å². The Bertz CT molecular complexity index is 466. The Labute approximate surface area is 88.9 Å². The molecule has 14 heavy (non-hydrogen) atoms. The normalized spacial score (nSPS) is 11.1. The van der Waals surface area contributed by atoms with E-state index < -0.39 is 0 Å². The van der Waals surface area contributed by atoms with Crippen molar-refractivity contribution in [2.75, 3.05) is 6.54 Å². The van der Waals surface area contributed by atoms with Gasteiger partial charge in [-0.25, -0.2) is 9.37 Å². The van der Waals surface area contributed by atoms with E-state index in [1.54, 1.807) is 10.6 Å². The number of halogens is 2. The predicted molar refractivity (Wildman–Crippen MR) is 55.6 cm³/mol. The van der Waals surface area contributed by atoms with Crippen LogP contribution in [0.1, 0.15) is 5.69 Å². The second kappa shape index (κ2) is 3.67. The highest BCUT2D eigenvalue weighted by Crippen LogP contribution is 2.18. The highest BCUT2D eigenvalue weighted by molar-refractivity contribution is 9.10. The molecule has 2 N–H and O–H groups in total. The summed E-state index contributed by atoms with van der Waals surface area (Å²) in [7, 11) is 0. The largest absolute Gasteiger partial charge is 0.330 e. The topological polar surface area (TPSA) is 43.3 Å². The molecular formula is C9H9BrFN3. The van der Waals surface area contributed by atoms with Gasteiger partial charge >= 0.3 is 0 Å². The van der Waals surface area contributed by atoms with Gasteiger partial charge in [0.25, 0.3) is 0 Å². The molecule has 0 fully saturated rings. The highest BCUT2D eigenvalue weighted by atomic mass is 79.9. The molecule has 2 heterocycles. The second-order valence-corrected chi connectivity index (χ2v) is 3.86. The third kappa shape index (κ3) is 1.65. The maximum atomic E-state index is 13.0. The Morgan fingerprint density at radius 1 is 1.50 bits per heavy atom. The number of hydrogen-bond acceptors (Lipinski definition) is 2. The lowest BCUT2D eigenvalue weighted by Gasteiger charge is -1.95. The van der Waals surface area contributed by atoms with Crippen LogP contribution in [-0.4, -0.2) is 15.9 Å². The molecule has 0 radical (unpaired) electrons. The molecule has 0 aliphatic heterocycles. The Hall–Kier alpha value is -0.940. The van der Waals surface area contributed by atoms with Crippen molar-refractivity contribution in [2.24, 2.45) is 5.73 Å². The lowest BCUT2D eigenvalue weighted by atomic mass is 10.3. The molecular weight excluding hydrogens is 249 g/mol. The van der Waals surface area contributed by atoms with Crippen LogP contribution in [0, 0.1) is 5.82 Å². The molecule has 0 bridgehead atoms. The summed E-state index contributed by atoms with van der Waals surface area (Å²) in [5.41, 5.74) is 7.01. The van der Waals surface area contributed by atoms with E-state index >= 15 is 0 Å². The summed E-state index contributed by atoms with van der Waals surface area (Å²) < 4.78 is 15.3. The zero-order valence-electron chi connectivity index (χ0n) is 7.37. The first-order valence-electron chi connectivity index (χ1n) is 4.23. The summed E-state index contributed by atoms with van der Waals surface area (Å²) in [4.78, 5) is 4.31. The fourth-order valence-corrected chi connectivity index (χ4v) is 1.86. The van der Waals surface area contributed by atoms with Gasteiger partial charge in [0.15, 0.2) is 5.65 Å². The van der Waals surface area contributed by atoms with Crippen molar-refractivity contribution in [3.63, 3.8) is 0 Å². The fraction of sp³-hybridized carbons (Fsp3) is 0.222. The maximum Gasteiger partial charge on any atom is 0.151 e. The number of nitrogens with two attached hydrogens (primary N) is 1. The summed E-state index contributed by atoms with van der Waals surface area (Å²) in [5, 5.41) is 0. The Morgan fingerprint density at radius 3 is 3.00 bits per heavy atom. The van der Waals surface area contributed by atoms with Gasteiger partial charge in [0.1, 0.15) is 5.82 Å². The molecule has 5 heteroatoms. The quantitative estimate of drug-likeness (QED) is 0.891. The fourth-order valence-electron chi connectivity index (χ4n) is 1.34. The molecule has 0 amide bonds. The molecule has 0 atom stereocenters. The van der Waals surface area contributed by atoms with Gasteiger partial charge < -0.3 is 10.1 Å². The summed E-state index contributed by atoms with van der Waals surface area (Å²) in [6.07, 6.45) is 3.89. The molecule has 2 aromatic rings. The van der Waals surface area contributed by atoms with Crippen LogP contribution in [0.15, 0.2) is 22.9 Å². The minimum atomic E-state index is -0.291. The molecule has 2 aromatic heterocycles.